The molecule has 0 saturated carbocycles. The molecule has 0 aliphatic carbocycles. The summed E-state index contributed by atoms with van der Waals surface area (Å²) in [6, 6.07) is 0. The first-order chi connectivity index (χ1) is 1.91. The maximum atomic E-state index is 8.83. The van der Waals surface area contributed by atoms with Crippen molar-refractivity contribution in [3.8, 4) is 0 Å². The van der Waals surface area contributed by atoms with Gasteiger partial charge in [0.15, 0.2) is 0 Å². The predicted octanol–water partition coefficient (Wildman–Crippen LogP) is -3.85. The average Bonchev–Trinajstić information content (AvgIpc) is 1.37. The van der Waals surface area contributed by atoms with Crippen molar-refractivity contribution in [2.75, 3.05) is 0 Å². The summed E-state index contributed by atoms with van der Waals surface area (Å²) >= 11 is 0. The predicted molar refractivity (Wildman–Crippen MR) is 12.4 cm³/mol. The Morgan fingerprint density at radius 1 is 2.00 bits per heavy atom. The molecule has 0 amide bonds. The Morgan fingerprint density at radius 3 is 2.20 bits per heavy atom. The van der Waals surface area contributed by atoms with E-state index in [2.05, 4.69) is 10.7 Å². The van der Waals surface area contributed by atoms with E-state index in [4.69, 9.17) is 4.79 Å². The van der Waals surface area contributed by atoms with Crippen LogP contribution in [0.1, 0.15) is 1.43 Å². The van der Waals surface area contributed by atoms with Gasteiger partial charge >= 0.3 is 25.3 Å². The van der Waals surface area contributed by atoms with Crippen molar-refractivity contribution in [1.29, 1.82) is 0 Å². The first-order valence-corrected chi connectivity index (χ1v) is 0.707. The summed E-state index contributed by atoms with van der Waals surface area (Å²) in [7, 11) is 0. The van der Waals surface area contributed by atoms with E-state index < -0.39 is 0 Å². The van der Waals surface area contributed by atoms with E-state index in [1.54, 1.807) is 0 Å². The second kappa shape index (κ2) is 8.98. The zero-order valence-electron chi connectivity index (χ0n) is 3.97. The van der Waals surface area contributed by atoms with Crippen LogP contribution >= 0.6 is 0 Å². The number of carbonyl (C=O) groups excluding carboxylic acids is 1. The molecule has 0 radical (unpaired) electrons. The average molecular weight is 69.0 g/mol. The topological polar surface area (TPSA) is 52.3 Å². The van der Waals surface area contributed by atoms with Crippen LogP contribution in [-0.2, 0) is 9.63 Å². The summed E-state index contributed by atoms with van der Waals surface area (Å²) in [6.07, 6.45) is 0. The maximum absolute atomic E-state index is 8.83. The Labute approximate surface area is 43.1 Å². The van der Waals surface area contributed by atoms with Crippen molar-refractivity contribution in [3.63, 3.8) is 0 Å². The van der Waals surface area contributed by atoms with Crippen LogP contribution in [0.5, 0.6) is 0 Å². The molecule has 0 aliphatic rings. The Morgan fingerprint density at radius 2 is 2.20 bits per heavy atom. The third kappa shape index (κ3) is 15.7. The van der Waals surface area contributed by atoms with Crippen LogP contribution < -0.4 is 24.8 Å². The monoisotopic (exact) mass is 69.0 g/mol. The van der Waals surface area contributed by atoms with Gasteiger partial charge < -0.3 is 6.26 Å². The van der Waals surface area contributed by atoms with Gasteiger partial charge in [-0.05, 0) is 0 Å². The molecular weight excluding hydrogens is 65.0 g/mol. The maximum Gasteiger partial charge on any atom is 1.00 e. The van der Waals surface area contributed by atoms with Crippen LogP contribution in [0, 0.1) is 0 Å². The van der Waals surface area contributed by atoms with Gasteiger partial charge in [-0.3, -0.25) is 4.79 Å². The normalized spacial score (nSPS) is 4.20. The van der Waals surface area contributed by atoms with E-state index in [0.29, 0.717) is 0 Å². The van der Waals surface area contributed by atoms with Gasteiger partial charge in [0.25, 0.3) is 0 Å². The Hall–Kier alpha value is 0.0274. The molecule has 3 nitrogen and oxygen atoms in total. The molecule has 0 aliphatic heterocycles. The third-order valence-corrected chi connectivity index (χ3v) is 0.0556. The van der Waals surface area contributed by atoms with Crippen molar-refractivity contribution in [3.05, 3.63) is 0 Å². The Kier molecular flexibility index (Phi) is 16.0. The van der Waals surface area contributed by atoms with Crippen molar-refractivity contribution in [1.82, 2.24) is 0 Å². The molecule has 0 saturated heterocycles. The van der Waals surface area contributed by atoms with Crippen molar-refractivity contribution in [2.24, 2.45) is 5.90 Å². The van der Waals surface area contributed by atoms with Gasteiger partial charge in [0, 0.05) is 0 Å². The minimum absolute atomic E-state index is 0. The molecule has 0 spiro atoms. The van der Waals surface area contributed by atoms with Crippen LogP contribution in [0.4, 0.5) is 0 Å². The minimum atomic E-state index is 0. The molecular formula is CH4LiNO2. The fourth-order valence-corrected chi connectivity index (χ4v) is 0. The first kappa shape index (κ1) is 8.90. The molecule has 26 valence electrons. The van der Waals surface area contributed by atoms with E-state index >= 15 is 0 Å². The number of hydrogen-bond acceptors (Lipinski definition) is 3. The van der Waals surface area contributed by atoms with E-state index in [1.165, 1.54) is 0 Å². The van der Waals surface area contributed by atoms with Crippen LogP contribution in [0.2, 0.25) is 0 Å². The summed E-state index contributed by atoms with van der Waals surface area (Å²) in [5.74, 6) is 4.16. The zero-order chi connectivity index (χ0) is 3.41. The van der Waals surface area contributed by atoms with Crippen LogP contribution in [0.25, 0.3) is 0 Å². The SMILES string of the molecule is NOC=O.[H-].[Li+]. The van der Waals surface area contributed by atoms with E-state index in [1.807, 2.05) is 0 Å². The number of carbonyl (C=O) groups is 1. The molecule has 0 rings (SSSR count). The summed E-state index contributed by atoms with van der Waals surface area (Å²) in [5, 5.41) is 0. The van der Waals surface area contributed by atoms with Gasteiger partial charge in [0.2, 0.25) is 0 Å². The van der Waals surface area contributed by atoms with Gasteiger partial charge in [-0.2, -0.15) is 5.90 Å². The molecule has 0 fully saturated rings. The molecule has 0 bridgehead atoms. The summed E-state index contributed by atoms with van der Waals surface area (Å²) in [6.45, 7) is 0.153. The minimum Gasteiger partial charge on any atom is -1.00 e. The van der Waals surface area contributed by atoms with Gasteiger partial charge in [-0.25, -0.2) is 0 Å². The molecule has 0 heterocycles. The van der Waals surface area contributed by atoms with Gasteiger partial charge in [0.05, 0.1) is 0 Å². The second-order valence-electron chi connectivity index (χ2n) is 0.232. The molecule has 0 aromatic rings. The summed E-state index contributed by atoms with van der Waals surface area (Å²) < 4.78 is 0. The van der Waals surface area contributed by atoms with Gasteiger partial charge in [-0.1, -0.05) is 0 Å². The quantitative estimate of drug-likeness (QED) is 0.195. The third-order valence-electron chi connectivity index (χ3n) is 0.0556. The van der Waals surface area contributed by atoms with Crippen LogP contribution in [-0.4, -0.2) is 6.47 Å². The van der Waals surface area contributed by atoms with Gasteiger partial charge in [0.1, 0.15) is 0 Å². The van der Waals surface area contributed by atoms with E-state index in [0.717, 1.165) is 0 Å². The van der Waals surface area contributed by atoms with E-state index in [9.17, 15) is 0 Å². The molecule has 0 unspecified atom stereocenters. The molecule has 0 aromatic carbocycles. The number of rotatable bonds is 1. The van der Waals surface area contributed by atoms with Crippen LogP contribution in [0.3, 0.4) is 0 Å². The van der Waals surface area contributed by atoms with Crippen molar-refractivity contribution < 1.29 is 29.9 Å². The fraction of sp³-hybridized carbons (Fsp3) is 0. The summed E-state index contributed by atoms with van der Waals surface area (Å²) in [5.41, 5.74) is 0. The van der Waals surface area contributed by atoms with Crippen molar-refractivity contribution >= 4 is 6.47 Å². The Bertz CT molecular complexity index is 27.5. The number of nitrogens with two attached hydrogens (primary N) is 1. The van der Waals surface area contributed by atoms with Gasteiger partial charge in [-0.15, -0.1) is 0 Å². The first-order valence-electron chi connectivity index (χ1n) is 0.707. The number of hydrogen-bond donors (Lipinski definition) is 1. The standard InChI is InChI=1S/CH3NO2.Li.H/c2-4-1-3;;/h1H,2H2;;/q;+1;-1. The van der Waals surface area contributed by atoms with Crippen LogP contribution in [0.15, 0.2) is 0 Å². The van der Waals surface area contributed by atoms with Crippen molar-refractivity contribution in [2.45, 2.75) is 0 Å². The Balaban J connectivity index is -0.0000000450. The largest absolute Gasteiger partial charge is 1.00 e. The van der Waals surface area contributed by atoms with E-state index in [-0.39, 0.29) is 26.8 Å². The summed E-state index contributed by atoms with van der Waals surface area (Å²) in [4.78, 5) is 12.2. The fourth-order valence-electron chi connectivity index (χ4n) is 0. The molecule has 2 N–H and O–H groups in total. The smallest absolute Gasteiger partial charge is 1.00 e. The molecule has 0 atom stereocenters. The molecule has 5 heavy (non-hydrogen) atoms. The zero-order valence-corrected chi connectivity index (χ0v) is 2.97. The molecule has 0 aromatic heterocycles. The molecule has 4 heteroatoms. The second-order valence-corrected chi connectivity index (χ2v) is 0.232.